The number of unbranched alkanes of at least 4 members (excludes halogenated alkanes) is 13. The Morgan fingerprint density at radius 1 is 0.786 bits per heavy atom. The molecule has 0 saturated carbocycles. The lowest BCUT2D eigenvalue weighted by Gasteiger charge is -2.03. The van der Waals surface area contributed by atoms with Gasteiger partial charge in [0.1, 0.15) is 0 Å². The smallest absolute Gasteiger partial charge is 0.331 e. The van der Waals surface area contributed by atoms with Gasteiger partial charge in [0.25, 0.3) is 0 Å². The van der Waals surface area contributed by atoms with Crippen LogP contribution in [0.2, 0.25) is 0 Å². The van der Waals surface area contributed by atoms with Gasteiger partial charge in [0.05, 0.1) is 0 Å². The Balaban J connectivity index is 0. The van der Waals surface area contributed by atoms with E-state index in [0.29, 0.717) is 25.0 Å². The number of halogens is 1. The molecule has 0 aromatic rings. The maximum Gasteiger partial charge on any atom is 0.331 e. The van der Waals surface area contributed by atoms with Crippen molar-refractivity contribution >= 4 is 17.6 Å². The molecule has 0 radical (unpaired) electrons. The van der Waals surface area contributed by atoms with Gasteiger partial charge in [-0.2, -0.15) is 0 Å². The zero-order valence-corrected chi connectivity index (χ0v) is 19.8. The van der Waals surface area contributed by atoms with Crippen LogP contribution in [-0.2, 0) is 4.79 Å². The number of hydrogen-bond donors (Lipinski definition) is 2. The van der Waals surface area contributed by atoms with E-state index in [1.165, 1.54) is 89.9 Å². The molecule has 0 bridgehead atoms. The van der Waals surface area contributed by atoms with Crippen LogP contribution in [0.15, 0.2) is 11.1 Å². The molecule has 0 fully saturated rings. The van der Waals surface area contributed by atoms with Gasteiger partial charge < -0.3 is 10.8 Å². The minimum absolute atomic E-state index is 0.496. The SMILES string of the molecule is CCC(C(=O)O)=C(C)CCN.CCCCCCCCCCCCCCCCCl. The lowest BCUT2D eigenvalue weighted by atomic mass is 10.0. The summed E-state index contributed by atoms with van der Waals surface area (Å²) in [6, 6.07) is 0. The normalized spacial score (nSPS) is 11.6. The van der Waals surface area contributed by atoms with E-state index < -0.39 is 5.97 Å². The Morgan fingerprint density at radius 3 is 1.46 bits per heavy atom. The lowest BCUT2D eigenvalue weighted by molar-refractivity contribution is -0.132. The monoisotopic (exact) mass is 417 g/mol. The molecule has 0 aliphatic carbocycles. The second kappa shape index (κ2) is 24.5. The first-order valence-electron chi connectivity index (χ1n) is 11.7. The Labute approximate surface area is 180 Å². The number of carboxylic acid groups (broad SMARTS) is 1. The van der Waals surface area contributed by atoms with Crippen LogP contribution in [0.25, 0.3) is 0 Å². The summed E-state index contributed by atoms with van der Waals surface area (Å²) >= 11 is 5.64. The van der Waals surface area contributed by atoms with Crippen LogP contribution < -0.4 is 5.73 Å². The van der Waals surface area contributed by atoms with Gasteiger partial charge in [-0.3, -0.25) is 0 Å². The van der Waals surface area contributed by atoms with E-state index in [1.54, 1.807) is 0 Å². The third kappa shape index (κ3) is 21.8. The van der Waals surface area contributed by atoms with Crippen LogP contribution in [0.1, 0.15) is 124 Å². The number of aliphatic carboxylic acids is 1. The molecule has 3 nitrogen and oxygen atoms in total. The lowest BCUT2D eigenvalue weighted by Crippen LogP contribution is -2.06. The van der Waals surface area contributed by atoms with Crippen LogP contribution in [-0.4, -0.2) is 23.5 Å². The largest absolute Gasteiger partial charge is 0.478 e. The molecule has 168 valence electrons. The Morgan fingerprint density at radius 2 is 1.18 bits per heavy atom. The number of rotatable bonds is 18. The first kappa shape index (κ1) is 29.7. The van der Waals surface area contributed by atoms with Crippen LogP contribution in [0.3, 0.4) is 0 Å². The van der Waals surface area contributed by atoms with E-state index in [0.717, 1.165) is 11.5 Å². The number of carbonyl (C=O) groups is 1. The van der Waals surface area contributed by atoms with Crippen molar-refractivity contribution in [1.29, 1.82) is 0 Å². The summed E-state index contributed by atoms with van der Waals surface area (Å²) in [7, 11) is 0. The van der Waals surface area contributed by atoms with Gasteiger partial charge in [0.15, 0.2) is 0 Å². The maximum absolute atomic E-state index is 10.5. The standard InChI is InChI=1S/C16H33Cl.C8H15NO2/c1-2-3-4-5-6-7-8-9-10-11-12-13-14-15-16-17;1-3-7(8(10)11)6(2)4-5-9/h2-16H2,1H3;3-5,9H2,1-2H3,(H,10,11). The van der Waals surface area contributed by atoms with Crippen molar-refractivity contribution in [3.05, 3.63) is 11.1 Å². The van der Waals surface area contributed by atoms with Crippen molar-refractivity contribution in [1.82, 2.24) is 0 Å². The fourth-order valence-corrected chi connectivity index (χ4v) is 3.48. The molecule has 0 atom stereocenters. The summed E-state index contributed by atoms with van der Waals surface area (Å²) in [6.07, 6.45) is 21.1. The van der Waals surface area contributed by atoms with Gasteiger partial charge in [-0.05, 0) is 32.7 Å². The van der Waals surface area contributed by atoms with Gasteiger partial charge in [-0.1, -0.05) is 103 Å². The molecule has 0 unspecified atom stereocenters. The average Bonchev–Trinajstić information content (AvgIpc) is 2.66. The van der Waals surface area contributed by atoms with Crippen LogP contribution >= 0.6 is 11.6 Å². The molecule has 0 aliphatic heterocycles. The molecule has 4 heteroatoms. The van der Waals surface area contributed by atoms with E-state index in [4.69, 9.17) is 22.4 Å². The van der Waals surface area contributed by atoms with E-state index in [-0.39, 0.29) is 0 Å². The van der Waals surface area contributed by atoms with E-state index in [9.17, 15) is 4.79 Å². The predicted molar refractivity (Wildman–Crippen MR) is 125 cm³/mol. The van der Waals surface area contributed by atoms with Gasteiger partial charge in [-0.15, -0.1) is 11.6 Å². The molecule has 0 aromatic carbocycles. The van der Waals surface area contributed by atoms with Crippen molar-refractivity contribution in [2.75, 3.05) is 12.4 Å². The minimum atomic E-state index is -0.821. The van der Waals surface area contributed by atoms with Crippen LogP contribution in [0.5, 0.6) is 0 Å². The summed E-state index contributed by atoms with van der Waals surface area (Å²) in [5.74, 6) is 0.0244. The fourth-order valence-electron chi connectivity index (χ4n) is 3.29. The molecule has 0 aliphatic rings. The molecule has 0 saturated heterocycles. The number of nitrogens with two attached hydrogens (primary N) is 1. The molecular formula is C24H48ClNO2. The van der Waals surface area contributed by atoms with Crippen molar-refractivity contribution in [3.8, 4) is 0 Å². The highest BCUT2D eigenvalue weighted by Gasteiger charge is 2.07. The Hall–Kier alpha value is -0.540. The van der Waals surface area contributed by atoms with Crippen LogP contribution in [0, 0.1) is 0 Å². The molecule has 0 aromatic heterocycles. The van der Waals surface area contributed by atoms with Crippen molar-refractivity contribution in [3.63, 3.8) is 0 Å². The number of carboxylic acids is 1. The highest BCUT2D eigenvalue weighted by Crippen LogP contribution is 2.13. The average molecular weight is 418 g/mol. The third-order valence-electron chi connectivity index (χ3n) is 5.13. The second-order valence-electron chi connectivity index (χ2n) is 7.74. The second-order valence-corrected chi connectivity index (χ2v) is 8.12. The topological polar surface area (TPSA) is 63.3 Å². The van der Waals surface area contributed by atoms with Gasteiger partial charge in [-0.25, -0.2) is 4.79 Å². The van der Waals surface area contributed by atoms with Gasteiger partial charge in [0.2, 0.25) is 0 Å². The third-order valence-corrected chi connectivity index (χ3v) is 5.40. The Kier molecular flexibility index (Phi) is 25.9. The van der Waals surface area contributed by atoms with Crippen molar-refractivity contribution in [2.45, 2.75) is 124 Å². The van der Waals surface area contributed by atoms with Gasteiger partial charge in [0, 0.05) is 11.5 Å². The predicted octanol–water partition coefficient (Wildman–Crippen LogP) is 7.85. The molecule has 3 N–H and O–H groups in total. The summed E-state index contributed by atoms with van der Waals surface area (Å²) in [4.78, 5) is 10.5. The summed E-state index contributed by atoms with van der Waals surface area (Å²) in [6.45, 7) is 6.46. The zero-order valence-electron chi connectivity index (χ0n) is 19.0. The molecule has 0 spiro atoms. The van der Waals surface area contributed by atoms with E-state index in [2.05, 4.69) is 6.92 Å². The molecule has 0 heterocycles. The van der Waals surface area contributed by atoms with Crippen molar-refractivity contribution < 1.29 is 9.90 Å². The maximum atomic E-state index is 10.5. The van der Waals surface area contributed by atoms with E-state index in [1.807, 2.05) is 13.8 Å². The quantitative estimate of drug-likeness (QED) is 0.135. The number of hydrogen-bond acceptors (Lipinski definition) is 2. The minimum Gasteiger partial charge on any atom is -0.478 e. The van der Waals surface area contributed by atoms with Crippen molar-refractivity contribution in [2.24, 2.45) is 5.73 Å². The molecule has 0 rings (SSSR count). The molecular weight excluding hydrogens is 370 g/mol. The molecule has 0 amide bonds. The first-order chi connectivity index (χ1) is 13.5. The summed E-state index contributed by atoms with van der Waals surface area (Å²) in [5.41, 5.74) is 6.68. The fraction of sp³-hybridized carbons (Fsp3) is 0.875. The highest BCUT2D eigenvalue weighted by atomic mass is 35.5. The summed E-state index contributed by atoms with van der Waals surface area (Å²) < 4.78 is 0. The number of alkyl halides is 1. The molecule has 28 heavy (non-hydrogen) atoms. The summed E-state index contributed by atoms with van der Waals surface area (Å²) in [5, 5.41) is 8.67. The Bertz CT molecular complexity index is 356. The first-order valence-corrected chi connectivity index (χ1v) is 12.3. The zero-order chi connectivity index (χ0) is 21.5. The van der Waals surface area contributed by atoms with E-state index >= 15 is 0 Å². The van der Waals surface area contributed by atoms with Gasteiger partial charge >= 0.3 is 5.97 Å². The van der Waals surface area contributed by atoms with Crippen LogP contribution in [0.4, 0.5) is 0 Å². The highest BCUT2D eigenvalue weighted by molar-refractivity contribution is 6.17.